The van der Waals surface area contributed by atoms with E-state index in [1.54, 1.807) is 0 Å². The summed E-state index contributed by atoms with van der Waals surface area (Å²) < 4.78 is 5.54. The summed E-state index contributed by atoms with van der Waals surface area (Å²) in [5, 5.41) is 3.09. The predicted octanol–water partition coefficient (Wildman–Crippen LogP) is 0.655. The molecular formula is C12H22N2O2. The topological polar surface area (TPSA) is 64.3 Å². The first-order chi connectivity index (χ1) is 7.76. The van der Waals surface area contributed by atoms with Crippen LogP contribution in [0.4, 0.5) is 0 Å². The van der Waals surface area contributed by atoms with Crippen molar-refractivity contribution < 1.29 is 9.53 Å². The highest BCUT2D eigenvalue weighted by molar-refractivity contribution is 5.79. The van der Waals surface area contributed by atoms with Crippen molar-refractivity contribution in [3.05, 3.63) is 0 Å². The van der Waals surface area contributed by atoms with Crippen molar-refractivity contribution in [2.75, 3.05) is 13.2 Å². The van der Waals surface area contributed by atoms with Crippen molar-refractivity contribution in [2.45, 2.75) is 44.8 Å². The van der Waals surface area contributed by atoms with Gasteiger partial charge in [-0.1, -0.05) is 6.92 Å². The largest absolute Gasteiger partial charge is 0.377 e. The maximum Gasteiger partial charge on any atom is 0.226 e. The van der Waals surface area contributed by atoms with Crippen LogP contribution in [0, 0.1) is 11.8 Å². The summed E-state index contributed by atoms with van der Waals surface area (Å²) in [5.41, 5.74) is 5.68. The second kappa shape index (κ2) is 5.15. The van der Waals surface area contributed by atoms with E-state index in [9.17, 15) is 4.79 Å². The van der Waals surface area contributed by atoms with Crippen LogP contribution >= 0.6 is 0 Å². The van der Waals surface area contributed by atoms with Crippen molar-refractivity contribution in [1.82, 2.24) is 5.32 Å². The first-order valence-corrected chi connectivity index (χ1v) is 6.38. The number of hydrogen-bond acceptors (Lipinski definition) is 3. The lowest BCUT2D eigenvalue weighted by molar-refractivity contribution is -0.127. The molecule has 2 aliphatic rings. The number of carbonyl (C=O) groups is 1. The van der Waals surface area contributed by atoms with Gasteiger partial charge in [0, 0.05) is 19.2 Å². The summed E-state index contributed by atoms with van der Waals surface area (Å²) in [7, 11) is 0. The van der Waals surface area contributed by atoms with E-state index in [4.69, 9.17) is 10.5 Å². The van der Waals surface area contributed by atoms with E-state index in [0.717, 1.165) is 12.8 Å². The molecular weight excluding hydrogens is 204 g/mol. The number of amides is 1. The SMILES string of the molecule is CCC1OCCC1C(=O)NC(CN)C1CC1. The van der Waals surface area contributed by atoms with Gasteiger partial charge in [0.15, 0.2) is 0 Å². The lowest BCUT2D eigenvalue weighted by Gasteiger charge is -2.21. The summed E-state index contributed by atoms with van der Waals surface area (Å²) in [6, 6.07) is 0.186. The van der Waals surface area contributed by atoms with Crippen molar-refractivity contribution >= 4 is 5.91 Å². The number of carbonyl (C=O) groups excluding carboxylic acids is 1. The molecule has 3 atom stereocenters. The van der Waals surface area contributed by atoms with E-state index in [1.165, 1.54) is 12.8 Å². The lowest BCUT2D eigenvalue weighted by Crippen LogP contribution is -2.45. The minimum absolute atomic E-state index is 0.0396. The fraction of sp³-hybridized carbons (Fsp3) is 0.917. The molecule has 3 unspecified atom stereocenters. The molecule has 3 N–H and O–H groups in total. The minimum atomic E-state index is 0.0396. The first-order valence-electron chi connectivity index (χ1n) is 6.38. The zero-order valence-electron chi connectivity index (χ0n) is 9.95. The maximum absolute atomic E-state index is 12.1. The van der Waals surface area contributed by atoms with Gasteiger partial charge >= 0.3 is 0 Å². The quantitative estimate of drug-likeness (QED) is 0.723. The first kappa shape index (κ1) is 11.9. The van der Waals surface area contributed by atoms with Crippen LogP contribution in [0.3, 0.4) is 0 Å². The van der Waals surface area contributed by atoms with Crippen LogP contribution in [0.15, 0.2) is 0 Å². The van der Waals surface area contributed by atoms with Crippen LogP contribution in [-0.2, 0) is 9.53 Å². The van der Waals surface area contributed by atoms with Crippen LogP contribution < -0.4 is 11.1 Å². The van der Waals surface area contributed by atoms with Crippen LogP contribution in [0.2, 0.25) is 0 Å². The van der Waals surface area contributed by atoms with Crippen molar-refractivity contribution in [3.63, 3.8) is 0 Å². The molecule has 1 aliphatic heterocycles. The Hall–Kier alpha value is -0.610. The summed E-state index contributed by atoms with van der Waals surface area (Å²) in [5.74, 6) is 0.806. The molecule has 1 saturated heterocycles. The zero-order chi connectivity index (χ0) is 11.5. The predicted molar refractivity (Wildman–Crippen MR) is 61.8 cm³/mol. The minimum Gasteiger partial charge on any atom is -0.377 e. The molecule has 0 aromatic carbocycles. The van der Waals surface area contributed by atoms with Crippen molar-refractivity contribution in [1.29, 1.82) is 0 Å². The van der Waals surface area contributed by atoms with Gasteiger partial charge in [-0.05, 0) is 31.6 Å². The van der Waals surface area contributed by atoms with Gasteiger partial charge in [0.05, 0.1) is 12.0 Å². The molecule has 0 bridgehead atoms. The number of nitrogens with one attached hydrogen (secondary N) is 1. The van der Waals surface area contributed by atoms with Crippen molar-refractivity contribution in [2.24, 2.45) is 17.6 Å². The van der Waals surface area contributed by atoms with Crippen molar-refractivity contribution in [3.8, 4) is 0 Å². The Kier molecular flexibility index (Phi) is 3.82. The van der Waals surface area contributed by atoms with Crippen LogP contribution in [0.25, 0.3) is 0 Å². The fourth-order valence-corrected chi connectivity index (χ4v) is 2.51. The van der Waals surface area contributed by atoms with Crippen LogP contribution in [0.1, 0.15) is 32.6 Å². The molecule has 1 heterocycles. The molecule has 0 aromatic rings. The highest BCUT2D eigenvalue weighted by Crippen LogP contribution is 2.32. The summed E-state index contributed by atoms with van der Waals surface area (Å²) in [4.78, 5) is 12.1. The van der Waals surface area contributed by atoms with Crippen LogP contribution in [-0.4, -0.2) is 31.2 Å². The molecule has 1 saturated carbocycles. The summed E-state index contributed by atoms with van der Waals surface area (Å²) in [6.45, 7) is 3.34. The van der Waals surface area contributed by atoms with Gasteiger partial charge in [0.2, 0.25) is 5.91 Å². The second-order valence-electron chi connectivity index (χ2n) is 4.90. The molecule has 4 heteroatoms. The van der Waals surface area contributed by atoms with Crippen LogP contribution in [0.5, 0.6) is 0 Å². The molecule has 2 fully saturated rings. The highest BCUT2D eigenvalue weighted by Gasteiger charge is 2.36. The van der Waals surface area contributed by atoms with Gasteiger partial charge in [0.25, 0.3) is 0 Å². The Morgan fingerprint density at radius 2 is 2.25 bits per heavy atom. The summed E-state index contributed by atoms with van der Waals surface area (Å²) in [6.07, 6.45) is 4.29. The van der Waals surface area contributed by atoms with Gasteiger partial charge in [-0.3, -0.25) is 4.79 Å². The van der Waals surface area contributed by atoms with Gasteiger partial charge in [-0.25, -0.2) is 0 Å². The third kappa shape index (κ3) is 2.55. The molecule has 0 spiro atoms. The second-order valence-corrected chi connectivity index (χ2v) is 4.90. The van der Waals surface area contributed by atoms with Gasteiger partial charge in [-0.2, -0.15) is 0 Å². The zero-order valence-corrected chi connectivity index (χ0v) is 9.95. The highest BCUT2D eigenvalue weighted by atomic mass is 16.5. The molecule has 16 heavy (non-hydrogen) atoms. The van der Waals surface area contributed by atoms with Gasteiger partial charge in [-0.15, -0.1) is 0 Å². The maximum atomic E-state index is 12.1. The number of hydrogen-bond donors (Lipinski definition) is 2. The van der Waals surface area contributed by atoms with E-state index >= 15 is 0 Å². The number of ether oxygens (including phenoxy) is 1. The normalized spacial score (nSPS) is 31.4. The number of nitrogens with two attached hydrogens (primary N) is 1. The Bertz CT molecular complexity index is 253. The third-order valence-electron chi connectivity index (χ3n) is 3.72. The van der Waals surface area contributed by atoms with E-state index in [1.807, 2.05) is 0 Å². The molecule has 0 radical (unpaired) electrons. The molecule has 0 aromatic heterocycles. The molecule has 4 nitrogen and oxygen atoms in total. The molecule has 2 rings (SSSR count). The standard InChI is InChI=1S/C12H22N2O2/c1-2-11-9(5-6-16-11)12(15)14-10(7-13)8-3-4-8/h8-11H,2-7,13H2,1H3,(H,14,15). The Morgan fingerprint density at radius 1 is 1.50 bits per heavy atom. The fourth-order valence-electron chi connectivity index (χ4n) is 2.51. The average molecular weight is 226 g/mol. The number of rotatable bonds is 5. The summed E-state index contributed by atoms with van der Waals surface area (Å²) >= 11 is 0. The van der Waals surface area contributed by atoms with E-state index in [-0.39, 0.29) is 24.0 Å². The average Bonchev–Trinajstić information content (AvgIpc) is 3.02. The third-order valence-corrected chi connectivity index (χ3v) is 3.72. The van der Waals surface area contributed by atoms with E-state index in [2.05, 4.69) is 12.2 Å². The van der Waals surface area contributed by atoms with Gasteiger partial charge < -0.3 is 15.8 Å². The van der Waals surface area contributed by atoms with E-state index in [0.29, 0.717) is 19.1 Å². The Labute approximate surface area is 96.9 Å². The molecule has 1 aliphatic carbocycles. The monoisotopic (exact) mass is 226 g/mol. The molecule has 92 valence electrons. The smallest absolute Gasteiger partial charge is 0.226 e. The van der Waals surface area contributed by atoms with Gasteiger partial charge in [0.1, 0.15) is 0 Å². The molecule has 1 amide bonds. The lowest BCUT2D eigenvalue weighted by atomic mass is 9.98. The Morgan fingerprint density at radius 3 is 2.81 bits per heavy atom. The van der Waals surface area contributed by atoms with E-state index < -0.39 is 0 Å². The Balaban J connectivity index is 1.86.